The number of nitrogens with one attached hydrogen (secondary N) is 2. The molecule has 0 aromatic heterocycles. The highest BCUT2D eigenvalue weighted by atomic mass is 127. The summed E-state index contributed by atoms with van der Waals surface area (Å²) in [6.07, 6.45) is 7.83. The van der Waals surface area contributed by atoms with Crippen molar-refractivity contribution in [2.24, 2.45) is 10.9 Å². The average molecular weight is 540 g/mol. The van der Waals surface area contributed by atoms with Crippen LogP contribution in [0.25, 0.3) is 0 Å². The lowest BCUT2D eigenvalue weighted by Crippen LogP contribution is -2.45. The topological polar surface area (TPSA) is 66.0 Å². The summed E-state index contributed by atoms with van der Waals surface area (Å²) in [6, 6.07) is 8.59. The fourth-order valence-corrected chi connectivity index (χ4v) is 5.00. The monoisotopic (exact) mass is 540 g/mol. The Morgan fingerprint density at radius 2 is 1.97 bits per heavy atom. The zero-order chi connectivity index (χ0) is 21.0. The van der Waals surface area contributed by atoms with Gasteiger partial charge in [-0.3, -0.25) is 9.79 Å². The third-order valence-electron chi connectivity index (χ3n) is 6.96. The van der Waals surface area contributed by atoms with Gasteiger partial charge in [0.15, 0.2) is 5.96 Å². The van der Waals surface area contributed by atoms with Crippen LogP contribution in [0.1, 0.15) is 57.4 Å². The summed E-state index contributed by atoms with van der Waals surface area (Å²) in [5.74, 6) is 2.45. The van der Waals surface area contributed by atoms with E-state index in [1.54, 1.807) is 7.11 Å². The van der Waals surface area contributed by atoms with Crippen molar-refractivity contribution < 1.29 is 9.53 Å². The molecule has 0 radical (unpaired) electrons. The third-order valence-corrected chi connectivity index (χ3v) is 6.96. The number of carbonyl (C=O) groups is 1. The molecule has 1 saturated heterocycles. The normalized spacial score (nSPS) is 22.7. The summed E-state index contributed by atoms with van der Waals surface area (Å²) < 4.78 is 5.59. The van der Waals surface area contributed by atoms with Gasteiger partial charge in [-0.25, -0.2) is 0 Å². The second-order valence-corrected chi connectivity index (χ2v) is 9.07. The van der Waals surface area contributed by atoms with E-state index in [1.165, 1.54) is 18.4 Å². The molecule has 4 rings (SSSR count). The summed E-state index contributed by atoms with van der Waals surface area (Å²) in [6.45, 7) is 5.31. The first-order chi connectivity index (χ1) is 14.6. The van der Waals surface area contributed by atoms with Crippen LogP contribution in [0, 0.1) is 5.92 Å². The number of benzene rings is 1. The smallest absolute Gasteiger partial charge is 0.225 e. The van der Waals surface area contributed by atoms with Gasteiger partial charge in [-0.1, -0.05) is 31.0 Å². The van der Waals surface area contributed by atoms with Crippen LogP contribution in [-0.4, -0.2) is 56.1 Å². The van der Waals surface area contributed by atoms with E-state index in [2.05, 4.69) is 34.6 Å². The molecule has 2 aliphatic carbocycles. The van der Waals surface area contributed by atoms with Crippen LogP contribution < -0.4 is 15.4 Å². The summed E-state index contributed by atoms with van der Waals surface area (Å²) in [5.41, 5.74) is 1.36. The van der Waals surface area contributed by atoms with Gasteiger partial charge < -0.3 is 20.3 Å². The van der Waals surface area contributed by atoms with Gasteiger partial charge >= 0.3 is 0 Å². The molecule has 1 aromatic carbocycles. The Bertz CT molecular complexity index is 775. The lowest BCUT2D eigenvalue weighted by Gasteiger charge is -2.22. The first-order valence-corrected chi connectivity index (χ1v) is 11.6. The number of aliphatic imine (C=N–C) groups is 1. The predicted octanol–water partition coefficient (Wildman–Crippen LogP) is 3.69. The van der Waals surface area contributed by atoms with Crippen LogP contribution in [0.3, 0.4) is 0 Å². The minimum atomic E-state index is 0. The van der Waals surface area contributed by atoms with E-state index < -0.39 is 0 Å². The maximum absolute atomic E-state index is 12.7. The lowest BCUT2D eigenvalue weighted by molar-refractivity contribution is -0.134. The fourth-order valence-electron chi connectivity index (χ4n) is 5.00. The Labute approximate surface area is 203 Å². The number of hydrogen-bond acceptors (Lipinski definition) is 3. The van der Waals surface area contributed by atoms with Crippen LogP contribution in [-0.2, 0) is 10.2 Å². The molecule has 3 fully saturated rings. The molecule has 1 heterocycles. The van der Waals surface area contributed by atoms with Crippen molar-refractivity contribution in [3.8, 4) is 5.75 Å². The van der Waals surface area contributed by atoms with Crippen molar-refractivity contribution in [1.82, 2.24) is 15.5 Å². The van der Waals surface area contributed by atoms with E-state index in [-0.39, 0.29) is 41.4 Å². The van der Waals surface area contributed by atoms with Gasteiger partial charge in [0, 0.05) is 42.6 Å². The second-order valence-electron chi connectivity index (χ2n) is 9.07. The second kappa shape index (κ2) is 10.9. The van der Waals surface area contributed by atoms with Gasteiger partial charge in [-0.2, -0.15) is 0 Å². The minimum absolute atomic E-state index is 0. The molecule has 1 unspecified atom stereocenters. The van der Waals surface area contributed by atoms with Crippen LogP contribution in [0.15, 0.2) is 29.3 Å². The molecule has 7 heteroatoms. The van der Waals surface area contributed by atoms with Crippen molar-refractivity contribution in [2.75, 3.05) is 33.3 Å². The van der Waals surface area contributed by atoms with Gasteiger partial charge in [0.25, 0.3) is 0 Å². The Morgan fingerprint density at radius 3 is 2.65 bits per heavy atom. The molecule has 1 atom stereocenters. The van der Waals surface area contributed by atoms with E-state index in [9.17, 15) is 4.79 Å². The third kappa shape index (κ3) is 5.65. The van der Waals surface area contributed by atoms with Gasteiger partial charge in [-0.15, -0.1) is 24.0 Å². The van der Waals surface area contributed by atoms with Crippen molar-refractivity contribution in [3.63, 3.8) is 0 Å². The van der Waals surface area contributed by atoms with Crippen LogP contribution in [0.5, 0.6) is 5.75 Å². The van der Waals surface area contributed by atoms with E-state index in [0.717, 1.165) is 70.0 Å². The molecular formula is C24H37IN4O2. The van der Waals surface area contributed by atoms with Gasteiger partial charge in [0.2, 0.25) is 5.91 Å². The quantitative estimate of drug-likeness (QED) is 0.315. The first-order valence-electron chi connectivity index (χ1n) is 11.6. The number of nitrogens with zero attached hydrogens (tertiary/aromatic N) is 2. The molecule has 1 aromatic rings. The van der Waals surface area contributed by atoms with Gasteiger partial charge in [0.1, 0.15) is 5.75 Å². The number of halogens is 1. The van der Waals surface area contributed by atoms with Crippen LogP contribution >= 0.6 is 24.0 Å². The maximum atomic E-state index is 12.7. The number of likely N-dealkylation sites (tertiary alicyclic amines) is 1. The Balaban J connectivity index is 0.00000272. The zero-order valence-electron chi connectivity index (χ0n) is 18.9. The first kappa shape index (κ1) is 24.1. The van der Waals surface area contributed by atoms with Gasteiger partial charge in [0.05, 0.1) is 13.7 Å². The molecule has 2 saturated carbocycles. The summed E-state index contributed by atoms with van der Waals surface area (Å²) in [7, 11) is 1.74. The maximum Gasteiger partial charge on any atom is 0.225 e. The standard InChI is InChI=1S/C24H36N4O2.HI/c1-3-25-23(26-17-24(13-14-24)20-10-6-7-11-21(20)30-2)27-19-12-15-28(16-19)22(29)18-8-4-5-9-18;/h6-7,10-11,18-19H,3-5,8-9,12-17H2,1-2H3,(H2,25,26,27);1H. The van der Waals surface area contributed by atoms with E-state index >= 15 is 0 Å². The Kier molecular flexibility index (Phi) is 8.47. The fraction of sp³-hybridized carbons (Fsp3) is 0.667. The molecule has 0 bridgehead atoms. The molecule has 3 aliphatic rings. The molecular weight excluding hydrogens is 503 g/mol. The highest BCUT2D eigenvalue weighted by molar-refractivity contribution is 14.0. The number of para-hydroxylation sites is 1. The molecule has 2 N–H and O–H groups in total. The van der Waals surface area contributed by atoms with E-state index in [0.29, 0.717) is 5.91 Å². The van der Waals surface area contributed by atoms with Gasteiger partial charge in [-0.05, 0) is 45.1 Å². The minimum Gasteiger partial charge on any atom is -0.496 e. The summed E-state index contributed by atoms with van der Waals surface area (Å²) >= 11 is 0. The molecule has 31 heavy (non-hydrogen) atoms. The number of guanidine groups is 1. The van der Waals surface area contributed by atoms with Crippen molar-refractivity contribution >= 4 is 35.8 Å². The highest BCUT2D eigenvalue weighted by Crippen LogP contribution is 2.51. The lowest BCUT2D eigenvalue weighted by atomic mass is 9.95. The number of hydrogen-bond donors (Lipinski definition) is 2. The van der Waals surface area contributed by atoms with Crippen molar-refractivity contribution in [1.29, 1.82) is 0 Å². The molecule has 172 valence electrons. The Hall–Kier alpha value is -1.51. The SMILES string of the molecule is CCNC(=NCC1(c2ccccc2OC)CC1)NC1CCN(C(=O)C2CCCC2)C1.I. The number of ether oxygens (including phenoxy) is 1. The Morgan fingerprint density at radius 1 is 1.23 bits per heavy atom. The average Bonchev–Trinajstić information content (AvgIpc) is 3.16. The van der Waals surface area contributed by atoms with E-state index in [1.807, 2.05) is 12.1 Å². The zero-order valence-corrected chi connectivity index (χ0v) is 21.2. The number of carbonyl (C=O) groups excluding carboxylic acids is 1. The number of amides is 1. The van der Waals surface area contributed by atoms with Crippen molar-refractivity contribution in [2.45, 2.75) is 63.3 Å². The molecule has 0 spiro atoms. The summed E-state index contributed by atoms with van der Waals surface area (Å²) in [5, 5.41) is 6.98. The number of methoxy groups -OCH3 is 1. The summed E-state index contributed by atoms with van der Waals surface area (Å²) in [4.78, 5) is 19.7. The predicted molar refractivity (Wildman–Crippen MR) is 135 cm³/mol. The van der Waals surface area contributed by atoms with E-state index in [4.69, 9.17) is 9.73 Å². The van der Waals surface area contributed by atoms with Crippen LogP contribution in [0.4, 0.5) is 0 Å². The number of rotatable bonds is 7. The highest BCUT2D eigenvalue weighted by Gasteiger charge is 2.46. The van der Waals surface area contributed by atoms with Crippen molar-refractivity contribution in [3.05, 3.63) is 29.8 Å². The van der Waals surface area contributed by atoms with Crippen LogP contribution in [0.2, 0.25) is 0 Å². The largest absolute Gasteiger partial charge is 0.496 e. The molecule has 1 aliphatic heterocycles. The molecule has 6 nitrogen and oxygen atoms in total. The molecule has 1 amide bonds.